The van der Waals surface area contributed by atoms with E-state index in [0.29, 0.717) is 5.19 Å². The Labute approximate surface area is 78.2 Å². The van der Waals surface area contributed by atoms with Crippen LogP contribution >= 0.6 is 24.0 Å². The molecule has 1 nitrogen and oxygen atoms in total. The monoisotopic (exact) mass is 268 g/mol. The molecule has 1 N–H and O–H groups in total. The third-order valence-electron chi connectivity index (χ3n) is 0.994. The van der Waals surface area contributed by atoms with Crippen molar-refractivity contribution < 1.29 is 9.19 Å². The van der Waals surface area contributed by atoms with E-state index in [1.54, 1.807) is 18.2 Å². The molecule has 0 spiro atoms. The molecule has 4 heteroatoms. The van der Waals surface area contributed by atoms with Crippen molar-refractivity contribution in [1.29, 1.82) is 0 Å². The highest BCUT2D eigenvalue weighted by molar-refractivity contribution is 14.0. The van der Waals surface area contributed by atoms with Gasteiger partial charge in [0.05, 0.1) is 0 Å². The molecule has 0 saturated carbocycles. The number of hydrogen-bond donors (Lipinski definition) is 1. The number of hydrogen-bond acceptors (Lipinski definition) is 1. The van der Waals surface area contributed by atoms with Crippen molar-refractivity contribution in [2.75, 3.05) is 0 Å². The lowest BCUT2D eigenvalue weighted by molar-refractivity contribution is 0.602. The zero-order chi connectivity index (χ0) is 6.69. The highest BCUT2D eigenvalue weighted by atomic mass is 127. The van der Waals surface area contributed by atoms with Crippen LogP contribution in [0.3, 0.4) is 0 Å². The standard InChI is InChI=1S/C6H5FOSi.HI/c7-5-3-1-2-4-6(5)9-8;/h1-4,8H;1H. The molecule has 0 bridgehead atoms. The van der Waals surface area contributed by atoms with Crippen LogP contribution in [0, 0.1) is 5.82 Å². The lowest BCUT2D eigenvalue weighted by Gasteiger charge is -1.92. The van der Waals surface area contributed by atoms with Gasteiger partial charge in [-0.3, -0.25) is 0 Å². The quantitative estimate of drug-likeness (QED) is 0.586. The fourth-order valence-electron chi connectivity index (χ4n) is 0.552. The van der Waals surface area contributed by atoms with Crippen molar-refractivity contribution in [3.63, 3.8) is 0 Å². The molecule has 1 aromatic carbocycles. The minimum Gasteiger partial charge on any atom is -0.428 e. The summed E-state index contributed by atoms with van der Waals surface area (Å²) in [6, 6.07) is 6.19. The van der Waals surface area contributed by atoms with E-state index in [9.17, 15) is 4.39 Å². The predicted octanol–water partition coefficient (Wildman–Crippen LogP) is 0.680. The van der Waals surface area contributed by atoms with E-state index in [4.69, 9.17) is 4.80 Å². The van der Waals surface area contributed by atoms with Gasteiger partial charge >= 0.3 is 0 Å². The van der Waals surface area contributed by atoms with Gasteiger partial charge < -0.3 is 4.80 Å². The van der Waals surface area contributed by atoms with Crippen LogP contribution in [-0.2, 0) is 0 Å². The molecule has 0 aliphatic heterocycles. The van der Waals surface area contributed by atoms with Crippen molar-refractivity contribution in [3.05, 3.63) is 30.1 Å². The van der Waals surface area contributed by atoms with Crippen LogP contribution in [0.5, 0.6) is 0 Å². The van der Waals surface area contributed by atoms with Crippen LogP contribution in [0.1, 0.15) is 0 Å². The molecule has 0 aliphatic rings. The predicted molar refractivity (Wildman–Crippen MR) is 49.4 cm³/mol. The van der Waals surface area contributed by atoms with Crippen LogP contribution in [0.2, 0.25) is 0 Å². The summed E-state index contributed by atoms with van der Waals surface area (Å²) in [6.45, 7) is 0. The molecule has 1 rings (SSSR count). The molecule has 0 amide bonds. The number of halogens is 2. The van der Waals surface area contributed by atoms with Crippen molar-refractivity contribution in [3.8, 4) is 0 Å². The third kappa shape index (κ3) is 2.35. The fraction of sp³-hybridized carbons (Fsp3) is 0. The first-order valence-corrected chi connectivity index (χ1v) is 3.44. The Kier molecular flexibility index (Phi) is 4.84. The van der Waals surface area contributed by atoms with Gasteiger partial charge in [0.25, 0.3) is 9.76 Å². The average molecular weight is 268 g/mol. The van der Waals surface area contributed by atoms with E-state index in [2.05, 4.69) is 0 Å². The Morgan fingerprint density at radius 1 is 1.30 bits per heavy atom. The van der Waals surface area contributed by atoms with E-state index in [1.807, 2.05) is 0 Å². The molecule has 0 saturated heterocycles. The first-order valence-electron chi connectivity index (χ1n) is 2.49. The van der Waals surface area contributed by atoms with Gasteiger partial charge in [-0.2, -0.15) is 0 Å². The molecule has 0 atom stereocenters. The Morgan fingerprint density at radius 3 is 2.30 bits per heavy atom. The van der Waals surface area contributed by atoms with Gasteiger partial charge in [0, 0.05) is 5.19 Å². The highest BCUT2D eigenvalue weighted by Gasteiger charge is 1.97. The molecule has 2 radical (unpaired) electrons. The lowest BCUT2D eigenvalue weighted by Crippen LogP contribution is -2.16. The molecule has 1 aromatic rings. The minimum absolute atomic E-state index is 0. The van der Waals surface area contributed by atoms with Crippen molar-refractivity contribution in [2.45, 2.75) is 0 Å². The van der Waals surface area contributed by atoms with Gasteiger partial charge in [-0.15, -0.1) is 24.0 Å². The van der Waals surface area contributed by atoms with Crippen molar-refractivity contribution in [1.82, 2.24) is 0 Å². The minimum atomic E-state index is -0.446. The SMILES string of the molecule is I.O[Si]c1ccccc1F. The summed E-state index contributed by atoms with van der Waals surface area (Å²) in [5.41, 5.74) is 0. The third-order valence-corrected chi connectivity index (χ3v) is 1.64. The maximum Gasteiger partial charge on any atom is 0.268 e. The topological polar surface area (TPSA) is 20.2 Å². The summed E-state index contributed by atoms with van der Waals surface area (Å²) in [7, 11) is -0.446. The number of benzene rings is 1. The van der Waals surface area contributed by atoms with E-state index in [0.717, 1.165) is 0 Å². The molecule has 0 fully saturated rings. The Hall–Kier alpha value is 0.0569. The summed E-state index contributed by atoms with van der Waals surface area (Å²) < 4.78 is 12.4. The smallest absolute Gasteiger partial charge is 0.268 e. The summed E-state index contributed by atoms with van der Waals surface area (Å²) in [5.74, 6) is -0.335. The van der Waals surface area contributed by atoms with E-state index < -0.39 is 9.76 Å². The molecule has 0 unspecified atom stereocenters. The maximum atomic E-state index is 12.4. The molecule has 10 heavy (non-hydrogen) atoms. The Balaban J connectivity index is 0.000000810. The summed E-state index contributed by atoms with van der Waals surface area (Å²) in [4.78, 5) is 8.51. The summed E-state index contributed by atoms with van der Waals surface area (Å²) in [5, 5.41) is 0.373. The van der Waals surface area contributed by atoms with Crippen LogP contribution in [-0.4, -0.2) is 14.6 Å². The van der Waals surface area contributed by atoms with Gasteiger partial charge in [-0.05, 0) is 6.07 Å². The zero-order valence-corrected chi connectivity index (χ0v) is 8.37. The highest BCUT2D eigenvalue weighted by Crippen LogP contribution is 1.89. The summed E-state index contributed by atoms with van der Waals surface area (Å²) >= 11 is 0. The maximum absolute atomic E-state index is 12.4. The Morgan fingerprint density at radius 2 is 1.90 bits per heavy atom. The first kappa shape index (κ1) is 10.1. The van der Waals surface area contributed by atoms with Crippen LogP contribution < -0.4 is 5.19 Å². The van der Waals surface area contributed by atoms with E-state index in [-0.39, 0.29) is 29.8 Å². The van der Waals surface area contributed by atoms with Gasteiger partial charge in [0.1, 0.15) is 5.82 Å². The lowest BCUT2D eigenvalue weighted by atomic mass is 10.3. The number of rotatable bonds is 1. The van der Waals surface area contributed by atoms with Gasteiger partial charge in [-0.25, -0.2) is 4.39 Å². The molecule has 0 aliphatic carbocycles. The molecular formula is C6H6FIOSi. The second kappa shape index (κ2) is 4.81. The fourth-order valence-corrected chi connectivity index (χ4v) is 0.913. The molecule has 0 heterocycles. The van der Waals surface area contributed by atoms with Gasteiger partial charge in [-0.1, -0.05) is 18.2 Å². The molecule has 54 valence electrons. The van der Waals surface area contributed by atoms with E-state index >= 15 is 0 Å². The van der Waals surface area contributed by atoms with Gasteiger partial charge in [0.15, 0.2) is 0 Å². The summed E-state index contributed by atoms with van der Waals surface area (Å²) in [6.07, 6.45) is 0. The second-order valence-corrected chi connectivity index (χ2v) is 2.35. The van der Waals surface area contributed by atoms with Crippen molar-refractivity contribution in [2.24, 2.45) is 0 Å². The molecule has 0 aromatic heterocycles. The zero-order valence-electron chi connectivity index (χ0n) is 5.04. The first-order chi connectivity index (χ1) is 4.34. The van der Waals surface area contributed by atoms with Crippen LogP contribution in [0.4, 0.5) is 4.39 Å². The largest absolute Gasteiger partial charge is 0.428 e. The van der Waals surface area contributed by atoms with E-state index in [1.165, 1.54) is 6.07 Å². The normalized spacial score (nSPS) is 8.60. The Bertz CT molecular complexity index is 207. The van der Waals surface area contributed by atoms with Crippen LogP contribution in [0.15, 0.2) is 24.3 Å². The van der Waals surface area contributed by atoms with Crippen molar-refractivity contribution >= 4 is 38.9 Å². The average Bonchev–Trinajstić information content (AvgIpc) is 1.89. The second-order valence-electron chi connectivity index (χ2n) is 1.59. The van der Waals surface area contributed by atoms with Gasteiger partial charge in [0.2, 0.25) is 0 Å². The molecular weight excluding hydrogens is 262 g/mol. The van der Waals surface area contributed by atoms with Crippen LogP contribution in [0.25, 0.3) is 0 Å².